The summed E-state index contributed by atoms with van der Waals surface area (Å²) in [6.07, 6.45) is 3.44. The molecule has 0 radical (unpaired) electrons. The summed E-state index contributed by atoms with van der Waals surface area (Å²) in [4.78, 5) is 4.35. The first-order valence-electron chi connectivity index (χ1n) is 5.82. The first-order valence-corrected chi connectivity index (χ1v) is 6.89. The molecule has 0 fully saturated rings. The van der Waals surface area contributed by atoms with Crippen LogP contribution < -0.4 is 5.32 Å². The lowest BCUT2D eigenvalue weighted by Crippen LogP contribution is -2.06. The number of hydrogen-bond donors (Lipinski definition) is 1. The Kier molecular flexibility index (Phi) is 3.51. The van der Waals surface area contributed by atoms with Gasteiger partial charge in [-0.2, -0.15) is 5.10 Å². The van der Waals surface area contributed by atoms with Crippen molar-refractivity contribution in [3.8, 4) is 0 Å². The molecule has 2 heterocycles. The van der Waals surface area contributed by atoms with Crippen LogP contribution in [0.5, 0.6) is 0 Å². The van der Waals surface area contributed by atoms with Gasteiger partial charge in [0.15, 0.2) is 5.65 Å². The van der Waals surface area contributed by atoms with E-state index >= 15 is 0 Å². The van der Waals surface area contributed by atoms with Gasteiger partial charge in [0.25, 0.3) is 0 Å². The molecule has 2 aromatic heterocycles. The summed E-state index contributed by atoms with van der Waals surface area (Å²) in [6, 6.07) is 5.51. The van der Waals surface area contributed by atoms with Crippen LogP contribution in [0.1, 0.15) is 5.56 Å². The van der Waals surface area contributed by atoms with Crippen LogP contribution >= 0.6 is 22.6 Å². The molecule has 0 aliphatic rings. The zero-order chi connectivity index (χ0) is 14.1. The summed E-state index contributed by atoms with van der Waals surface area (Å²) >= 11 is 2.13. The minimum absolute atomic E-state index is 0.00243. The fourth-order valence-corrected chi connectivity index (χ4v) is 2.31. The molecule has 0 aliphatic carbocycles. The van der Waals surface area contributed by atoms with Gasteiger partial charge < -0.3 is 5.32 Å². The van der Waals surface area contributed by atoms with Gasteiger partial charge in [-0.1, -0.05) is 6.07 Å². The molecule has 102 valence electrons. The quantitative estimate of drug-likeness (QED) is 0.703. The molecule has 3 aromatic rings. The lowest BCUT2D eigenvalue weighted by molar-refractivity contribution is 0.560. The average Bonchev–Trinajstić information content (AvgIpc) is 2.80. The Labute approximate surface area is 127 Å². The maximum Gasteiger partial charge on any atom is 0.170 e. The van der Waals surface area contributed by atoms with E-state index in [-0.39, 0.29) is 12.1 Å². The summed E-state index contributed by atoms with van der Waals surface area (Å²) in [5.74, 6) is -0.603. The molecular formula is C13H9F2IN4. The molecule has 0 spiro atoms. The van der Waals surface area contributed by atoms with Crippen LogP contribution in [0.15, 0.2) is 36.7 Å². The van der Waals surface area contributed by atoms with Crippen molar-refractivity contribution in [1.29, 1.82) is 0 Å². The van der Waals surface area contributed by atoms with Crippen LogP contribution in [0.2, 0.25) is 0 Å². The van der Waals surface area contributed by atoms with Crippen molar-refractivity contribution in [2.75, 3.05) is 5.32 Å². The van der Waals surface area contributed by atoms with Crippen LogP contribution in [0.4, 0.5) is 14.6 Å². The molecule has 1 aromatic carbocycles. The minimum Gasteiger partial charge on any atom is -0.366 e. The molecule has 0 unspecified atom stereocenters. The van der Waals surface area contributed by atoms with E-state index in [1.54, 1.807) is 23.0 Å². The number of benzene rings is 1. The lowest BCUT2D eigenvalue weighted by Gasteiger charge is -2.08. The number of aromatic nitrogens is 3. The Bertz CT molecular complexity index is 752. The van der Waals surface area contributed by atoms with E-state index in [9.17, 15) is 8.78 Å². The van der Waals surface area contributed by atoms with Crippen molar-refractivity contribution >= 4 is 34.1 Å². The molecule has 0 saturated heterocycles. The molecule has 4 nitrogen and oxygen atoms in total. The maximum absolute atomic E-state index is 13.5. The fraction of sp³-hybridized carbons (Fsp3) is 0.0769. The minimum atomic E-state index is -0.572. The van der Waals surface area contributed by atoms with Gasteiger partial charge in [-0.15, -0.1) is 0 Å². The van der Waals surface area contributed by atoms with Crippen molar-refractivity contribution in [3.63, 3.8) is 0 Å². The highest BCUT2D eigenvalue weighted by Crippen LogP contribution is 2.16. The van der Waals surface area contributed by atoms with Gasteiger partial charge in [0, 0.05) is 18.3 Å². The molecule has 0 atom stereocenters. The van der Waals surface area contributed by atoms with Gasteiger partial charge in [-0.25, -0.2) is 18.3 Å². The predicted molar refractivity (Wildman–Crippen MR) is 79.4 cm³/mol. The summed E-state index contributed by atoms with van der Waals surface area (Å²) in [5.41, 5.74) is 0.696. The molecule has 3 rings (SSSR count). The van der Waals surface area contributed by atoms with Gasteiger partial charge in [0.05, 0.1) is 9.77 Å². The number of hydrogen-bond acceptors (Lipinski definition) is 3. The highest BCUT2D eigenvalue weighted by atomic mass is 127. The Hall–Kier alpha value is -1.77. The second kappa shape index (κ2) is 5.31. The van der Waals surface area contributed by atoms with Crippen LogP contribution in [0, 0.1) is 15.2 Å². The van der Waals surface area contributed by atoms with Crippen molar-refractivity contribution in [2.45, 2.75) is 6.54 Å². The number of anilines is 1. The van der Waals surface area contributed by atoms with Gasteiger partial charge >= 0.3 is 0 Å². The van der Waals surface area contributed by atoms with Gasteiger partial charge in [-0.3, -0.25) is 0 Å². The zero-order valence-electron chi connectivity index (χ0n) is 10.1. The smallest absolute Gasteiger partial charge is 0.170 e. The van der Waals surface area contributed by atoms with Crippen molar-refractivity contribution in [1.82, 2.24) is 14.6 Å². The van der Waals surface area contributed by atoms with E-state index in [0.29, 0.717) is 11.5 Å². The Morgan fingerprint density at radius 1 is 1.20 bits per heavy atom. The van der Waals surface area contributed by atoms with E-state index < -0.39 is 11.6 Å². The summed E-state index contributed by atoms with van der Waals surface area (Å²) < 4.78 is 29.6. The summed E-state index contributed by atoms with van der Waals surface area (Å²) in [5, 5.41) is 7.02. The topological polar surface area (TPSA) is 42.2 Å². The van der Waals surface area contributed by atoms with E-state index in [4.69, 9.17) is 0 Å². The molecule has 0 aliphatic heterocycles. The van der Waals surface area contributed by atoms with Crippen molar-refractivity contribution < 1.29 is 8.78 Å². The number of nitrogens with zero attached hydrogens (tertiary/aromatic N) is 3. The highest BCUT2D eigenvalue weighted by molar-refractivity contribution is 14.1. The van der Waals surface area contributed by atoms with Crippen LogP contribution in [0.3, 0.4) is 0 Å². The van der Waals surface area contributed by atoms with Gasteiger partial charge in [-0.05, 0) is 40.8 Å². The third kappa shape index (κ3) is 2.45. The Morgan fingerprint density at radius 2 is 1.95 bits per heavy atom. The summed E-state index contributed by atoms with van der Waals surface area (Å²) in [6.45, 7) is 0.0341. The van der Waals surface area contributed by atoms with E-state index in [1.165, 1.54) is 18.2 Å². The number of rotatable bonds is 3. The molecule has 0 amide bonds. The SMILES string of the molecule is Fc1cccc(F)c1CNc1ccn2ncc(I)c2n1. The normalized spacial score (nSPS) is 10.9. The molecule has 1 N–H and O–H groups in total. The van der Waals surface area contributed by atoms with Crippen LogP contribution in [-0.2, 0) is 6.54 Å². The lowest BCUT2D eigenvalue weighted by atomic mass is 10.2. The van der Waals surface area contributed by atoms with E-state index in [1.807, 2.05) is 0 Å². The van der Waals surface area contributed by atoms with Gasteiger partial charge in [0.1, 0.15) is 17.5 Å². The molecule has 20 heavy (non-hydrogen) atoms. The predicted octanol–water partition coefficient (Wildman–Crippen LogP) is 3.22. The third-order valence-electron chi connectivity index (χ3n) is 2.83. The summed E-state index contributed by atoms with van der Waals surface area (Å²) in [7, 11) is 0. The molecule has 7 heteroatoms. The first-order chi connectivity index (χ1) is 9.65. The number of nitrogens with one attached hydrogen (secondary N) is 1. The zero-order valence-corrected chi connectivity index (χ0v) is 12.3. The maximum atomic E-state index is 13.5. The van der Waals surface area contributed by atoms with Crippen molar-refractivity contribution in [2.24, 2.45) is 0 Å². The fourth-order valence-electron chi connectivity index (χ4n) is 1.82. The molecule has 0 bridgehead atoms. The second-order valence-electron chi connectivity index (χ2n) is 4.13. The van der Waals surface area contributed by atoms with Crippen LogP contribution in [0.25, 0.3) is 5.65 Å². The van der Waals surface area contributed by atoms with Crippen molar-refractivity contribution in [3.05, 3.63) is 57.4 Å². The third-order valence-corrected chi connectivity index (χ3v) is 3.59. The standard InChI is InChI=1S/C13H9F2IN4/c14-9-2-1-3-10(15)8(9)6-17-12-4-5-20-13(19-12)11(16)7-18-20/h1-5,7H,6H2,(H,17,19). The Balaban J connectivity index is 1.85. The highest BCUT2D eigenvalue weighted by Gasteiger charge is 2.09. The van der Waals surface area contributed by atoms with E-state index in [2.05, 4.69) is 38.0 Å². The molecule has 0 saturated carbocycles. The monoisotopic (exact) mass is 386 g/mol. The second-order valence-corrected chi connectivity index (χ2v) is 5.29. The number of halogens is 3. The first kappa shape index (κ1) is 13.2. The Morgan fingerprint density at radius 3 is 2.70 bits per heavy atom. The van der Waals surface area contributed by atoms with Gasteiger partial charge in [0.2, 0.25) is 0 Å². The molecular weight excluding hydrogens is 377 g/mol. The van der Waals surface area contributed by atoms with Crippen LogP contribution in [-0.4, -0.2) is 14.6 Å². The van der Waals surface area contributed by atoms with E-state index in [0.717, 1.165) is 3.57 Å². The average molecular weight is 386 g/mol. The number of fused-ring (bicyclic) bond motifs is 1. The largest absolute Gasteiger partial charge is 0.366 e.